The summed E-state index contributed by atoms with van der Waals surface area (Å²) in [4.78, 5) is 18.4. The minimum absolute atomic E-state index is 0.0300. The van der Waals surface area contributed by atoms with Crippen LogP contribution in [-0.2, 0) is 6.54 Å². The second-order valence-corrected chi connectivity index (χ2v) is 9.05. The fourth-order valence-corrected chi connectivity index (χ4v) is 4.55. The molecule has 0 amide bonds. The molecule has 7 heteroatoms. The average molecular weight is 468 g/mol. The summed E-state index contributed by atoms with van der Waals surface area (Å²) in [7, 11) is 3.73. The van der Waals surface area contributed by atoms with Crippen LogP contribution < -0.4 is 10.3 Å². The molecule has 6 nitrogen and oxygen atoms in total. The van der Waals surface area contributed by atoms with E-state index in [1.165, 1.54) is 0 Å². The van der Waals surface area contributed by atoms with Gasteiger partial charge in [-0.15, -0.1) is 0 Å². The van der Waals surface area contributed by atoms with Crippen LogP contribution in [0.1, 0.15) is 28.4 Å². The minimum Gasteiger partial charge on any atom is -0.507 e. The number of hydrogen-bond donors (Lipinski definition) is 1. The quantitative estimate of drug-likeness (QED) is 0.595. The number of rotatable bonds is 6. The number of hydrogen-bond acceptors (Lipinski definition) is 5. The lowest BCUT2D eigenvalue weighted by Gasteiger charge is -2.38. The molecule has 1 aliphatic rings. The Morgan fingerprint density at radius 2 is 1.67 bits per heavy atom. The Morgan fingerprint density at radius 1 is 1.03 bits per heavy atom. The smallest absolute Gasteiger partial charge is 0.259 e. The van der Waals surface area contributed by atoms with Gasteiger partial charge in [-0.3, -0.25) is 9.69 Å². The van der Waals surface area contributed by atoms with E-state index >= 15 is 0 Å². The molecule has 0 aliphatic carbocycles. The third kappa shape index (κ3) is 5.08. The first-order chi connectivity index (χ1) is 15.9. The number of piperazine rings is 1. The summed E-state index contributed by atoms with van der Waals surface area (Å²) in [6, 6.07) is 16.6. The zero-order chi connectivity index (χ0) is 23.5. The van der Waals surface area contributed by atoms with Crippen molar-refractivity contribution in [2.75, 3.05) is 40.3 Å². The second-order valence-electron chi connectivity index (χ2n) is 8.62. The monoisotopic (exact) mass is 467 g/mol. The Kier molecular flexibility index (Phi) is 7.08. The molecule has 0 saturated carbocycles. The normalized spacial score (nSPS) is 16.0. The van der Waals surface area contributed by atoms with Gasteiger partial charge in [0.1, 0.15) is 11.5 Å². The first-order valence-electron chi connectivity index (χ1n) is 11.1. The predicted molar refractivity (Wildman–Crippen MR) is 132 cm³/mol. The number of halogens is 1. The largest absolute Gasteiger partial charge is 0.507 e. The number of likely N-dealkylation sites (N-methyl/N-ethyl adjacent to an activating group) is 1. The molecule has 1 atom stereocenters. The summed E-state index contributed by atoms with van der Waals surface area (Å²) in [5.41, 5.74) is 2.87. The van der Waals surface area contributed by atoms with E-state index in [4.69, 9.17) is 16.3 Å². The van der Waals surface area contributed by atoms with Crippen LogP contribution in [-0.4, -0.2) is 59.8 Å². The van der Waals surface area contributed by atoms with Gasteiger partial charge in [-0.1, -0.05) is 35.9 Å². The van der Waals surface area contributed by atoms with Gasteiger partial charge < -0.3 is 19.3 Å². The maximum atomic E-state index is 13.8. The highest BCUT2D eigenvalue weighted by Crippen LogP contribution is 2.34. The molecule has 3 aromatic rings. The van der Waals surface area contributed by atoms with Crippen LogP contribution >= 0.6 is 11.6 Å². The lowest BCUT2D eigenvalue weighted by Crippen LogP contribution is -2.47. The van der Waals surface area contributed by atoms with Gasteiger partial charge in [-0.05, 0) is 55.4 Å². The number of methoxy groups -OCH3 is 1. The van der Waals surface area contributed by atoms with Gasteiger partial charge in [0.15, 0.2) is 0 Å². The van der Waals surface area contributed by atoms with E-state index in [2.05, 4.69) is 16.8 Å². The van der Waals surface area contributed by atoms with Gasteiger partial charge in [0.05, 0.1) is 25.3 Å². The Balaban J connectivity index is 1.79. The van der Waals surface area contributed by atoms with Crippen LogP contribution in [0, 0.1) is 6.92 Å². The number of aryl methyl sites for hydroxylation is 1. The molecule has 4 rings (SSSR count). The summed E-state index contributed by atoms with van der Waals surface area (Å²) >= 11 is 6.14. The standard InChI is InChI=1S/C26H30ClN3O3/c1-18-16-23(31)24(26(32)30(18)17-19-4-10-22(33-3)11-5-19)25(20-6-8-21(27)9-7-20)29-14-12-28(2)13-15-29/h4-11,16,25,31H,12-15,17H2,1-3H3/t25-/m1/s1. The molecule has 33 heavy (non-hydrogen) atoms. The molecule has 0 bridgehead atoms. The molecule has 1 saturated heterocycles. The van der Waals surface area contributed by atoms with E-state index in [-0.39, 0.29) is 17.4 Å². The van der Waals surface area contributed by atoms with Gasteiger partial charge in [-0.25, -0.2) is 0 Å². The summed E-state index contributed by atoms with van der Waals surface area (Å²) in [6.07, 6.45) is 0. The maximum absolute atomic E-state index is 13.8. The Bertz CT molecular complexity index is 1150. The van der Waals surface area contributed by atoms with Crippen molar-refractivity contribution in [3.05, 3.63) is 92.4 Å². The molecular formula is C26H30ClN3O3. The van der Waals surface area contributed by atoms with Crippen LogP contribution in [0.3, 0.4) is 0 Å². The minimum atomic E-state index is -0.355. The molecule has 1 N–H and O–H groups in total. The summed E-state index contributed by atoms with van der Waals surface area (Å²) in [6.45, 7) is 5.66. The fourth-order valence-electron chi connectivity index (χ4n) is 4.42. The Morgan fingerprint density at radius 3 is 2.27 bits per heavy atom. The van der Waals surface area contributed by atoms with Crippen LogP contribution in [0.15, 0.2) is 59.4 Å². The molecular weight excluding hydrogens is 438 g/mol. The molecule has 2 heterocycles. The molecule has 2 aromatic carbocycles. The van der Waals surface area contributed by atoms with E-state index < -0.39 is 0 Å². The van der Waals surface area contributed by atoms with Crippen molar-refractivity contribution in [3.63, 3.8) is 0 Å². The third-order valence-corrected chi connectivity index (χ3v) is 6.64. The van der Waals surface area contributed by atoms with Crippen molar-refractivity contribution in [2.45, 2.75) is 19.5 Å². The Labute approximate surface area is 199 Å². The highest BCUT2D eigenvalue weighted by Gasteiger charge is 2.30. The van der Waals surface area contributed by atoms with Crippen LogP contribution in [0.5, 0.6) is 11.5 Å². The van der Waals surface area contributed by atoms with Gasteiger partial charge >= 0.3 is 0 Å². The highest BCUT2D eigenvalue weighted by atomic mass is 35.5. The van der Waals surface area contributed by atoms with Gasteiger partial charge in [0, 0.05) is 36.9 Å². The lowest BCUT2D eigenvalue weighted by atomic mass is 9.96. The van der Waals surface area contributed by atoms with Crippen molar-refractivity contribution < 1.29 is 9.84 Å². The molecule has 1 fully saturated rings. The zero-order valence-corrected chi connectivity index (χ0v) is 20.0. The van der Waals surface area contributed by atoms with Crippen molar-refractivity contribution >= 4 is 11.6 Å². The maximum Gasteiger partial charge on any atom is 0.259 e. The average Bonchev–Trinajstić information content (AvgIpc) is 2.81. The molecule has 0 unspecified atom stereocenters. The van der Waals surface area contributed by atoms with Gasteiger partial charge in [0.2, 0.25) is 0 Å². The van der Waals surface area contributed by atoms with E-state index in [1.807, 2.05) is 55.5 Å². The van der Waals surface area contributed by atoms with E-state index in [0.717, 1.165) is 43.1 Å². The van der Waals surface area contributed by atoms with Gasteiger partial charge in [0.25, 0.3) is 5.56 Å². The van der Waals surface area contributed by atoms with Crippen molar-refractivity contribution in [1.82, 2.24) is 14.4 Å². The molecule has 174 valence electrons. The molecule has 1 aromatic heterocycles. The summed E-state index contributed by atoms with van der Waals surface area (Å²) in [5, 5.41) is 11.6. The Hall–Kier alpha value is -2.80. The molecule has 1 aliphatic heterocycles. The number of aromatic nitrogens is 1. The molecule has 0 radical (unpaired) electrons. The first kappa shape index (κ1) is 23.4. The predicted octanol–water partition coefficient (Wildman–Crippen LogP) is 3.91. The number of ether oxygens (including phenoxy) is 1. The lowest BCUT2D eigenvalue weighted by molar-refractivity contribution is 0.125. The van der Waals surface area contributed by atoms with Crippen molar-refractivity contribution in [3.8, 4) is 11.5 Å². The summed E-state index contributed by atoms with van der Waals surface area (Å²) in [5.74, 6) is 0.800. The summed E-state index contributed by atoms with van der Waals surface area (Å²) < 4.78 is 6.98. The van der Waals surface area contributed by atoms with Crippen LogP contribution in [0.25, 0.3) is 0 Å². The van der Waals surface area contributed by atoms with E-state index in [9.17, 15) is 9.90 Å². The highest BCUT2D eigenvalue weighted by molar-refractivity contribution is 6.30. The first-order valence-corrected chi connectivity index (χ1v) is 11.5. The van der Waals surface area contributed by atoms with E-state index in [1.54, 1.807) is 17.7 Å². The fraction of sp³-hybridized carbons (Fsp3) is 0.346. The van der Waals surface area contributed by atoms with Crippen LogP contribution in [0.2, 0.25) is 5.02 Å². The SMILES string of the molecule is COc1ccc(Cn2c(C)cc(O)c([C@@H](c3ccc(Cl)cc3)N3CCN(C)CC3)c2=O)cc1. The van der Waals surface area contributed by atoms with Gasteiger partial charge in [-0.2, -0.15) is 0 Å². The number of nitrogens with zero attached hydrogens (tertiary/aromatic N) is 3. The third-order valence-electron chi connectivity index (χ3n) is 6.38. The number of pyridine rings is 1. The van der Waals surface area contributed by atoms with Crippen molar-refractivity contribution in [2.24, 2.45) is 0 Å². The van der Waals surface area contributed by atoms with Crippen LogP contribution in [0.4, 0.5) is 0 Å². The van der Waals surface area contributed by atoms with E-state index in [0.29, 0.717) is 22.8 Å². The zero-order valence-electron chi connectivity index (χ0n) is 19.3. The molecule has 0 spiro atoms. The van der Waals surface area contributed by atoms with Crippen molar-refractivity contribution in [1.29, 1.82) is 0 Å². The number of aromatic hydroxyl groups is 1. The topological polar surface area (TPSA) is 57.9 Å². The number of benzene rings is 2. The second kappa shape index (κ2) is 10.00.